The molecule has 0 spiro atoms. The third-order valence-electron chi connectivity index (χ3n) is 3.10. The van der Waals surface area contributed by atoms with Gasteiger partial charge in [-0.2, -0.15) is 0 Å². The van der Waals surface area contributed by atoms with Crippen molar-refractivity contribution in [3.63, 3.8) is 0 Å². The van der Waals surface area contributed by atoms with Crippen LogP contribution in [-0.2, 0) is 4.79 Å². The summed E-state index contributed by atoms with van der Waals surface area (Å²) in [6, 6.07) is 3.51. The second kappa shape index (κ2) is 5.45. The molecule has 1 amide bonds. The SMILES string of the molecule is CCCC(=O)N1CCCC1C(=O)c1cccs1. The lowest BCUT2D eigenvalue weighted by Crippen LogP contribution is -2.40. The van der Waals surface area contributed by atoms with Crippen LogP contribution in [-0.4, -0.2) is 29.2 Å². The van der Waals surface area contributed by atoms with Crippen molar-refractivity contribution in [3.05, 3.63) is 22.4 Å². The van der Waals surface area contributed by atoms with Gasteiger partial charge in [0.05, 0.1) is 10.9 Å². The molecule has 0 bridgehead atoms. The molecule has 4 heteroatoms. The molecule has 0 radical (unpaired) electrons. The number of amides is 1. The summed E-state index contributed by atoms with van der Waals surface area (Å²) < 4.78 is 0. The lowest BCUT2D eigenvalue weighted by molar-refractivity contribution is -0.131. The van der Waals surface area contributed by atoms with E-state index in [-0.39, 0.29) is 17.7 Å². The van der Waals surface area contributed by atoms with Crippen molar-refractivity contribution in [2.75, 3.05) is 6.54 Å². The molecule has 2 heterocycles. The standard InChI is InChI=1S/C13H17NO2S/c1-2-5-12(15)14-8-3-6-10(14)13(16)11-7-4-9-17-11/h4,7,9-10H,2-3,5-6,8H2,1H3. The summed E-state index contributed by atoms with van der Waals surface area (Å²) in [4.78, 5) is 26.7. The summed E-state index contributed by atoms with van der Waals surface area (Å²) in [5, 5.41) is 1.90. The molecular weight excluding hydrogens is 234 g/mol. The van der Waals surface area contributed by atoms with Crippen molar-refractivity contribution >= 4 is 23.0 Å². The maximum atomic E-state index is 12.2. The number of rotatable bonds is 4. The molecule has 17 heavy (non-hydrogen) atoms. The topological polar surface area (TPSA) is 37.4 Å². The van der Waals surface area contributed by atoms with E-state index in [2.05, 4.69) is 0 Å². The average molecular weight is 251 g/mol. The molecule has 1 aromatic rings. The van der Waals surface area contributed by atoms with Gasteiger partial charge in [0.25, 0.3) is 0 Å². The fourth-order valence-corrected chi connectivity index (χ4v) is 2.99. The Bertz CT molecular complexity index is 400. The number of carbonyl (C=O) groups excluding carboxylic acids is 2. The molecular formula is C13H17NO2S. The number of carbonyl (C=O) groups is 2. The summed E-state index contributed by atoms with van der Waals surface area (Å²) in [6.45, 7) is 2.73. The van der Waals surface area contributed by atoms with Crippen molar-refractivity contribution in [2.24, 2.45) is 0 Å². The Morgan fingerprint density at radius 1 is 1.53 bits per heavy atom. The van der Waals surface area contributed by atoms with Crippen LogP contribution in [0.25, 0.3) is 0 Å². The van der Waals surface area contributed by atoms with Gasteiger partial charge in [-0.3, -0.25) is 9.59 Å². The molecule has 1 aromatic heterocycles. The number of nitrogens with zero attached hydrogens (tertiary/aromatic N) is 1. The number of likely N-dealkylation sites (tertiary alicyclic amines) is 1. The molecule has 0 aromatic carbocycles. The van der Waals surface area contributed by atoms with Gasteiger partial charge in [-0.05, 0) is 30.7 Å². The first-order valence-electron chi connectivity index (χ1n) is 6.11. The van der Waals surface area contributed by atoms with E-state index in [1.54, 1.807) is 4.90 Å². The molecule has 2 rings (SSSR count). The lowest BCUT2D eigenvalue weighted by Gasteiger charge is -2.23. The second-order valence-corrected chi connectivity index (χ2v) is 5.28. The molecule has 1 atom stereocenters. The minimum atomic E-state index is -0.215. The van der Waals surface area contributed by atoms with E-state index in [1.165, 1.54) is 11.3 Å². The molecule has 1 aliphatic heterocycles. The van der Waals surface area contributed by atoms with Crippen LogP contribution >= 0.6 is 11.3 Å². The Hall–Kier alpha value is -1.16. The van der Waals surface area contributed by atoms with Crippen LogP contribution in [0.15, 0.2) is 17.5 Å². The first kappa shape index (κ1) is 12.3. The largest absolute Gasteiger partial charge is 0.332 e. The van der Waals surface area contributed by atoms with Crippen molar-refractivity contribution in [1.82, 2.24) is 4.90 Å². The van der Waals surface area contributed by atoms with E-state index in [0.717, 1.165) is 30.7 Å². The molecule has 1 saturated heterocycles. The number of thiophene rings is 1. The molecule has 92 valence electrons. The van der Waals surface area contributed by atoms with Crippen LogP contribution < -0.4 is 0 Å². The van der Waals surface area contributed by atoms with E-state index < -0.39 is 0 Å². The van der Waals surface area contributed by atoms with E-state index in [4.69, 9.17) is 0 Å². The van der Waals surface area contributed by atoms with E-state index in [1.807, 2.05) is 24.4 Å². The van der Waals surface area contributed by atoms with Gasteiger partial charge in [0.2, 0.25) is 5.91 Å². The van der Waals surface area contributed by atoms with E-state index >= 15 is 0 Å². The molecule has 3 nitrogen and oxygen atoms in total. The zero-order valence-electron chi connectivity index (χ0n) is 10.0. The van der Waals surface area contributed by atoms with Gasteiger partial charge in [0.1, 0.15) is 0 Å². The van der Waals surface area contributed by atoms with Crippen LogP contribution in [0.1, 0.15) is 42.3 Å². The van der Waals surface area contributed by atoms with Crippen molar-refractivity contribution in [3.8, 4) is 0 Å². The predicted molar refractivity (Wildman–Crippen MR) is 68.3 cm³/mol. The summed E-state index contributed by atoms with van der Waals surface area (Å²) in [5.41, 5.74) is 0. The zero-order chi connectivity index (χ0) is 12.3. The fraction of sp³-hybridized carbons (Fsp3) is 0.538. The van der Waals surface area contributed by atoms with Gasteiger partial charge in [-0.25, -0.2) is 0 Å². The highest BCUT2D eigenvalue weighted by atomic mass is 32.1. The minimum absolute atomic E-state index is 0.113. The molecule has 0 aliphatic carbocycles. The third kappa shape index (κ3) is 2.57. The highest BCUT2D eigenvalue weighted by Crippen LogP contribution is 2.24. The van der Waals surface area contributed by atoms with E-state index in [9.17, 15) is 9.59 Å². The maximum Gasteiger partial charge on any atom is 0.223 e. The van der Waals surface area contributed by atoms with Gasteiger partial charge < -0.3 is 4.90 Å². The van der Waals surface area contributed by atoms with Crippen LogP contribution in [0, 0.1) is 0 Å². The first-order chi connectivity index (χ1) is 8.24. The van der Waals surface area contributed by atoms with Crippen LogP contribution in [0.5, 0.6) is 0 Å². The van der Waals surface area contributed by atoms with Gasteiger partial charge >= 0.3 is 0 Å². The highest BCUT2D eigenvalue weighted by Gasteiger charge is 2.34. The normalized spacial score (nSPS) is 19.6. The second-order valence-electron chi connectivity index (χ2n) is 4.34. The first-order valence-corrected chi connectivity index (χ1v) is 6.99. The van der Waals surface area contributed by atoms with Gasteiger partial charge in [-0.15, -0.1) is 11.3 Å². The fourth-order valence-electron chi connectivity index (χ4n) is 2.28. The maximum absolute atomic E-state index is 12.2. The summed E-state index contributed by atoms with van der Waals surface area (Å²) in [5.74, 6) is 0.238. The zero-order valence-corrected chi connectivity index (χ0v) is 10.8. The molecule has 1 unspecified atom stereocenters. The number of hydrogen-bond donors (Lipinski definition) is 0. The Kier molecular flexibility index (Phi) is 3.94. The minimum Gasteiger partial charge on any atom is -0.332 e. The highest BCUT2D eigenvalue weighted by molar-refractivity contribution is 7.12. The Balaban J connectivity index is 2.09. The Labute approximate surface area is 105 Å². The van der Waals surface area contributed by atoms with Crippen LogP contribution in [0.2, 0.25) is 0 Å². The molecule has 1 aliphatic rings. The number of hydrogen-bond acceptors (Lipinski definition) is 3. The van der Waals surface area contributed by atoms with Gasteiger partial charge in [0, 0.05) is 13.0 Å². The van der Waals surface area contributed by atoms with Crippen LogP contribution in [0.3, 0.4) is 0 Å². The van der Waals surface area contributed by atoms with Crippen molar-refractivity contribution in [1.29, 1.82) is 0 Å². The van der Waals surface area contributed by atoms with Crippen LogP contribution in [0.4, 0.5) is 0 Å². The van der Waals surface area contributed by atoms with E-state index in [0.29, 0.717) is 6.42 Å². The third-order valence-corrected chi connectivity index (χ3v) is 3.99. The van der Waals surface area contributed by atoms with Gasteiger partial charge in [-0.1, -0.05) is 13.0 Å². The smallest absolute Gasteiger partial charge is 0.223 e. The Morgan fingerprint density at radius 2 is 2.35 bits per heavy atom. The lowest BCUT2D eigenvalue weighted by atomic mass is 10.1. The average Bonchev–Trinajstić information content (AvgIpc) is 3.00. The monoisotopic (exact) mass is 251 g/mol. The Morgan fingerprint density at radius 3 is 3.00 bits per heavy atom. The van der Waals surface area contributed by atoms with Crippen molar-refractivity contribution < 1.29 is 9.59 Å². The quantitative estimate of drug-likeness (QED) is 0.772. The molecule has 0 N–H and O–H groups in total. The predicted octanol–water partition coefficient (Wildman–Crippen LogP) is 2.72. The molecule has 1 fully saturated rings. The summed E-state index contributed by atoms with van der Waals surface area (Å²) >= 11 is 1.46. The molecule has 0 saturated carbocycles. The van der Waals surface area contributed by atoms with Crippen molar-refractivity contribution in [2.45, 2.75) is 38.6 Å². The number of ketones is 1. The summed E-state index contributed by atoms with van der Waals surface area (Å²) in [6.07, 6.45) is 3.15. The van der Waals surface area contributed by atoms with Gasteiger partial charge in [0.15, 0.2) is 5.78 Å². The summed E-state index contributed by atoms with van der Waals surface area (Å²) in [7, 11) is 0. The number of Topliss-reactive ketones (excluding diaryl/α,β-unsaturated/α-hetero) is 1.